The summed E-state index contributed by atoms with van der Waals surface area (Å²) in [4.78, 5) is 24.4. The largest absolute Gasteiger partial charge is 0.490 e. The van der Waals surface area contributed by atoms with Crippen molar-refractivity contribution in [2.45, 2.75) is 33.3 Å². The molecule has 1 saturated heterocycles. The summed E-state index contributed by atoms with van der Waals surface area (Å²) >= 11 is 0. The minimum atomic E-state index is -0.481. The molecule has 0 aliphatic carbocycles. The van der Waals surface area contributed by atoms with Gasteiger partial charge >= 0.3 is 6.09 Å². The molecular formula is C18H25NO5. The van der Waals surface area contributed by atoms with Crippen LogP contribution >= 0.6 is 0 Å². The van der Waals surface area contributed by atoms with Crippen molar-refractivity contribution in [1.82, 2.24) is 4.90 Å². The van der Waals surface area contributed by atoms with Gasteiger partial charge < -0.3 is 19.1 Å². The highest BCUT2D eigenvalue weighted by Gasteiger charge is 2.34. The van der Waals surface area contributed by atoms with E-state index in [-0.39, 0.29) is 12.0 Å². The molecule has 132 valence electrons. The van der Waals surface area contributed by atoms with Crippen LogP contribution in [0.5, 0.6) is 11.5 Å². The fraction of sp³-hybridized carbons (Fsp3) is 0.556. The predicted molar refractivity (Wildman–Crippen MR) is 89.8 cm³/mol. The van der Waals surface area contributed by atoms with Crippen LogP contribution in [0.15, 0.2) is 18.2 Å². The fourth-order valence-electron chi connectivity index (χ4n) is 2.34. The minimum Gasteiger partial charge on any atom is -0.490 e. The molecule has 1 heterocycles. The molecule has 24 heavy (non-hydrogen) atoms. The number of aldehydes is 1. The number of carbonyl (C=O) groups excluding carboxylic acids is 2. The Morgan fingerprint density at radius 2 is 1.96 bits per heavy atom. The summed E-state index contributed by atoms with van der Waals surface area (Å²) in [6.07, 6.45) is 0.487. The third kappa shape index (κ3) is 4.88. The van der Waals surface area contributed by atoms with E-state index in [0.29, 0.717) is 43.4 Å². The quantitative estimate of drug-likeness (QED) is 0.747. The first kappa shape index (κ1) is 18.1. The second kappa shape index (κ2) is 7.55. The Morgan fingerprint density at radius 3 is 2.54 bits per heavy atom. The molecule has 0 unspecified atom stereocenters. The summed E-state index contributed by atoms with van der Waals surface area (Å²) in [6.45, 7) is 9.64. The summed E-state index contributed by atoms with van der Waals surface area (Å²) in [5.41, 5.74) is 0.0660. The van der Waals surface area contributed by atoms with Crippen LogP contribution in [0, 0.1) is 5.92 Å². The van der Waals surface area contributed by atoms with E-state index in [1.54, 1.807) is 23.1 Å². The van der Waals surface area contributed by atoms with Crippen LogP contribution in [-0.4, -0.2) is 49.2 Å². The van der Waals surface area contributed by atoms with Crippen LogP contribution in [0.3, 0.4) is 0 Å². The Balaban J connectivity index is 1.83. The molecule has 0 saturated carbocycles. The maximum atomic E-state index is 11.9. The van der Waals surface area contributed by atoms with Crippen LogP contribution in [-0.2, 0) is 4.74 Å². The molecule has 2 rings (SSSR count). The number of ether oxygens (including phenoxy) is 3. The van der Waals surface area contributed by atoms with Crippen molar-refractivity contribution in [3.8, 4) is 11.5 Å². The van der Waals surface area contributed by atoms with Gasteiger partial charge in [0.15, 0.2) is 11.5 Å². The van der Waals surface area contributed by atoms with Crippen molar-refractivity contribution in [3.63, 3.8) is 0 Å². The van der Waals surface area contributed by atoms with Gasteiger partial charge in [-0.15, -0.1) is 0 Å². The number of carbonyl (C=O) groups is 2. The van der Waals surface area contributed by atoms with Gasteiger partial charge in [-0.25, -0.2) is 4.79 Å². The summed E-state index contributed by atoms with van der Waals surface area (Å²) in [6, 6.07) is 5.09. The molecule has 1 aromatic rings. The van der Waals surface area contributed by atoms with E-state index >= 15 is 0 Å². The standard InChI is InChI=1S/C18H25NO5/c1-5-22-16-8-13(11-20)6-7-15(16)23-12-14-9-19(10-14)17(21)24-18(2,3)4/h6-8,11,14H,5,9-10,12H2,1-4H3. The predicted octanol–water partition coefficient (Wildman–Crippen LogP) is 3.14. The van der Waals surface area contributed by atoms with E-state index in [1.807, 2.05) is 27.7 Å². The molecule has 0 spiro atoms. The second-order valence-electron chi connectivity index (χ2n) is 6.82. The van der Waals surface area contributed by atoms with Gasteiger partial charge in [0.2, 0.25) is 0 Å². The molecule has 1 aliphatic heterocycles. The lowest BCUT2D eigenvalue weighted by Gasteiger charge is -2.39. The zero-order valence-electron chi connectivity index (χ0n) is 14.7. The van der Waals surface area contributed by atoms with Gasteiger partial charge in [0.25, 0.3) is 0 Å². The molecule has 6 heteroatoms. The third-order valence-electron chi connectivity index (χ3n) is 3.49. The highest BCUT2D eigenvalue weighted by Crippen LogP contribution is 2.29. The van der Waals surface area contributed by atoms with Crippen LogP contribution in [0.2, 0.25) is 0 Å². The number of rotatable bonds is 6. The fourth-order valence-corrected chi connectivity index (χ4v) is 2.34. The van der Waals surface area contributed by atoms with E-state index in [0.717, 1.165) is 6.29 Å². The van der Waals surface area contributed by atoms with E-state index in [9.17, 15) is 9.59 Å². The van der Waals surface area contributed by atoms with Gasteiger partial charge in [-0.3, -0.25) is 4.79 Å². The first-order valence-electron chi connectivity index (χ1n) is 8.15. The van der Waals surface area contributed by atoms with Crippen LogP contribution in [0.1, 0.15) is 38.1 Å². The topological polar surface area (TPSA) is 65.1 Å². The van der Waals surface area contributed by atoms with E-state index in [1.165, 1.54) is 0 Å². The van der Waals surface area contributed by atoms with Crippen molar-refractivity contribution in [2.75, 3.05) is 26.3 Å². The zero-order chi connectivity index (χ0) is 17.7. The number of hydrogen-bond donors (Lipinski definition) is 0. The molecular weight excluding hydrogens is 310 g/mol. The molecule has 6 nitrogen and oxygen atoms in total. The highest BCUT2D eigenvalue weighted by atomic mass is 16.6. The summed E-state index contributed by atoms with van der Waals surface area (Å²) in [5, 5.41) is 0. The van der Waals surface area contributed by atoms with E-state index in [2.05, 4.69) is 0 Å². The Bertz CT molecular complexity index is 588. The lowest BCUT2D eigenvalue weighted by atomic mass is 10.0. The first-order chi connectivity index (χ1) is 11.3. The molecule has 0 radical (unpaired) electrons. The van der Waals surface area contributed by atoms with Crippen molar-refractivity contribution >= 4 is 12.4 Å². The average Bonchev–Trinajstić information content (AvgIpc) is 2.45. The van der Waals surface area contributed by atoms with Crippen molar-refractivity contribution in [1.29, 1.82) is 0 Å². The number of benzene rings is 1. The van der Waals surface area contributed by atoms with Crippen LogP contribution in [0.25, 0.3) is 0 Å². The number of amides is 1. The monoisotopic (exact) mass is 335 g/mol. The van der Waals surface area contributed by atoms with Gasteiger partial charge in [-0.05, 0) is 45.9 Å². The lowest BCUT2D eigenvalue weighted by molar-refractivity contribution is -0.00799. The summed E-state index contributed by atoms with van der Waals surface area (Å²) in [7, 11) is 0. The molecule has 0 N–H and O–H groups in total. The van der Waals surface area contributed by atoms with Gasteiger partial charge in [-0.2, -0.15) is 0 Å². The number of likely N-dealkylation sites (tertiary alicyclic amines) is 1. The van der Waals surface area contributed by atoms with Gasteiger partial charge in [0.1, 0.15) is 11.9 Å². The smallest absolute Gasteiger partial charge is 0.410 e. The molecule has 1 aliphatic rings. The second-order valence-corrected chi connectivity index (χ2v) is 6.82. The molecule has 1 amide bonds. The Labute approximate surface area is 142 Å². The molecule has 1 aromatic carbocycles. The van der Waals surface area contributed by atoms with Crippen LogP contribution < -0.4 is 9.47 Å². The van der Waals surface area contributed by atoms with Crippen LogP contribution in [0.4, 0.5) is 4.79 Å². The molecule has 0 bridgehead atoms. The summed E-state index contributed by atoms with van der Waals surface area (Å²) in [5.74, 6) is 1.43. The van der Waals surface area contributed by atoms with E-state index < -0.39 is 5.60 Å². The SMILES string of the molecule is CCOc1cc(C=O)ccc1OCC1CN(C(=O)OC(C)(C)C)C1. The Hall–Kier alpha value is -2.24. The molecule has 0 atom stereocenters. The lowest BCUT2D eigenvalue weighted by Crippen LogP contribution is -2.53. The summed E-state index contributed by atoms with van der Waals surface area (Å²) < 4.78 is 16.6. The maximum absolute atomic E-state index is 11.9. The van der Waals surface area contributed by atoms with Gasteiger partial charge in [0, 0.05) is 24.6 Å². The zero-order valence-corrected chi connectivity index (χ0v) is 14.7. The first-order valence-corrected chi connectivity index (χ1v) is 8.15. The normalized spacial score (nSPS) is 14.8. The molecule has 1 fully saturated rings. The average molecular weight is 335 g/mol. The Kier molecular flexibility index (Phi) is 5.70. The van der Waals surface area contributed by atoms with Gasteiger partial charge in [0.05, 0.1) is 13.2 Å². The van der Waals surface area contributed by atoms with Gasteiger partial charge in [-0.1, -0.05) is 0 Å². The number of nitrogens with zero attached hydrogens (tertiary/aromatic N) is 1. The number of hydrogen-bond acceptors (Lipinski definition) is 5. The van der Waals surface area contributed by atoms with E-state index in [4.69, 9.17) is 14.2 Å². The Morgan fingerprint density at radius 1 is 1.25 bits per heavy atom. The third-order valence-corrected chi connectivity index (χ3v) is 3.49. The molecule has 0 aromatic heterocycles. The van der Waals surface area contributed by atoms with Crippen molar-refractivity contribution in [3.05, 3.63) is 23.8 Å². The highest BCUT2D eigenvalue weighted by molar-refractivity contribution is 5.76. The van der Waals surface area contributed by atoms with Crippen molar-refractivity contribution in [2.24, 2.45) is 5.92 Å². The maximum Gasteiger partial charge on any atom is 0.410 e. The minimum absolute atomic E-state index is 0.262. The van der Waals surface area contributed by atoms with Crippen molar-refractivity contribution < 1.29 is 23.8 Å².